The average Bonchev–Trinajstić information content (AvgIpc) is 2.72. The number of benzene rings is 1. The third-order valence-corrected chi connectivity index (χ3v) is 3.74. The van der Waals surface area contributed by atoms with Crippen LogP contribution in [0.2, 0.25) is 5.02 Å². The third kappa shape index (κ3) is 5.23. The van der Waals surface area contributed by atoms with Gasteiger partial charge in [-0.05, 0) is 12.1 Å². The van der Waals surface area contributed by atoms with Crippen LogP contribution in [-0.4, -0.2) is 62.6 Å². The van der Waals surface area contributed by atoms with Crippen LogP contribution in [0.3, 0.4) is 0 Å². The molecule has 0 saturated carbocycles. The summed E-state index contributed by atoms with van der Waals surface area (Å²) >= 11 is 5.96. The molecule has 0 aromatic heterocycles. The number of aliphatic hydroxyl groups is 1. The van der Waals surface area contributed by atoms with E-state index in [2.05, 4.69) is 16.0 Å². The first-order valence-corrected chi connectivity index (χ1v) is 7.73. The van der Waals surface area contributed by atoms with Gasteiger partial charge in [0.2, 0.25) is 0 Å². The zero-order chi connectivity index (χ0) is 15.8. The SMILES string of the molecule is O=C(NCCNC[C@]1(O)CNCCOC1)c1ccccc1Cl. The molecule has 1 fully saturated rings. The van der Waals surface area contributed by atoms with Crippen molar-refractivity contribution in [3.8, 4) is 0 Å². The fraction of sp³-hybridized carbons (Fsp3) is 0.533. The van der Waals surface area contributed by atoms with Crippen molar-refractivity contribution < 1.29 is 14.6 Å². The van der Waals surface area contributed by atoms with Crippen molar-refractivity contribution in [3.63, 3.8) is 0 Å². The molecule has 22 heavy (non-hydrogen) atoms. The fourth-order valence-electron chi connectivity index (χ4n) is 2.22. The molecule has 1 atom stereocenters. The Kier molecular flexibility index (Phi) is 6.60. The summed E-state index contributed by atoms with van der Waals surface area (Å²) in [5.74, 6) is -0.203. The number of halogens is 1. The molecule has 1 saturated heterocycles. The lowest BCUT2D eigenvalue weighted by atomic mass is 10.1. The van der Waals surface area contributed by atoms with E-state index in [1.807, 2.05) is 0 Å². The molecule has 1 aromatic rings. The molecule has 6 nitrogen and oxygen atoms in total. The normalized spacial score (nSPS) is 22.1. The van der Waals surface area contributed by atoms with Crippen molar-refractivity contribution in [1.82, 2.24) is 16.0 Å². The minimum Gasteiger partial charge on any atom is -0.385 e. The molecule has 1 aliphatic heterocycles. The second kappa shape index (κ2) is 8.45. The van der Waals surface area contributed by atoms with E-state index in [-0.39, 0.29) is 5.91 Å². The molecular formula is C15H22ClN3O3. The Balaban J connectivity index is 1.67. The topological polar surface area (TPSA) is 82.6 Å². The Morgan fingerprint density at radius 3 is 3.05 bits per heavy atom. The maximum absolute atomic E-state index is 11.9. The molecule has 122 valence electrons. The molecule has 1 aliphatic rings. The summed E-state index contributed by atoms with van der Waals surface area (Å²) in [6.45, 7) is 3.56. The van der Waals surface area contributed by atoms with E-state index in [1.54, 1.807) is 24.3 Å². The summed E-state index contributed by atoms with van der Waals surface area (Å²) in [7, 11) is 0. The summed E-state index contributed by atoms with van der Waals surface area (Å²) < 4.78 is 5.34. The van der Waals surface area contributed by atoms with Crippen LogP contribution in [0.25, 0.3) is 0 Å². The largest absolute Gasteiger partial charge is 0.385 e. The van der Waals surface area contributed by atoms with Crippen molar-refractivity contribution in [2.24, 2.45) is 0 Å². The molecule has 0 unspecified atom stereocenters. The Labute approximate surface area is 135 Å². The van der Waals surface area contributed by atoms with E-state index in [0.29, 0.717) is 50.0 Å². The number of hydrogen-bond donors (Lipinski definition) is 4. The molecule has 2 rings (SSSR count). The highest BCUT2D eigenvalue weighted by molar-refractivity contribution is 6.33. The summed E-state index contributed by atoms with van der Waals surface area (Å²) in [4.78, 5) is 11.9. The summed E-state index contributed by atoms with van der Waals surface area (Å²) in [5, 5.41) is 19.8. The van der Waals surface area contributed by atoms with E-state index in [4.69, 9.17) is 16.3 Å². The van der Waals surface area contributed by atoms with Crippen molar-refractivity contribution >= 4 is 17.5 Å². The number of hydrogen-bond acceptors (Lipinski definition) is 5. The van der Waals surface area contributed by atoms with Gasteiger partial charge in [0.15, 0.2) is 0 Å². The molecule has 1 heterocycles. The second-order valence-corrected chi connectivity index (χ2v) is 5.77. The lowest BCUT2D eigenvalue weighted by Gasteiger charge is -2.26. The minimum atomic E-state index is -0.913. The highest BCUT2D eigenvalue weighted by Crippen LogP contribution is 2.14. The molecule has 1 aromatic carbocycles. The first-order chi connectivity index (χ1) is 10.6. The number of nitrogens with one attached hydrogen (secondary N) is 3. The van der Waals surface area contributed by atoms with Crippen LogP contribution in [0.5, 0.6) is 0 Å². The number of carbonyl (C=O) groups excluding carboxylic acids is 1. The van der Waals surface area contributed by atoms with Gasteiger partial charge in [-0.15, -0.1) is 0 Å². The standard InChI is InChI=1S/C15H22ClN3O3/c16-13-4-2-1-3-12(13)14(20)19-6-5-17-9-15(21)10-18-7-8-22-11-15/h1-4,17-18,21H,5-11H2,(H,19,20)/t15-/m0/s1. The quantitative estimate of drug-likeness (QED) is 0.553. The summed E-state index contributed by atoms with van der Waals surface area (Å²) in [6, 6.07) is 6.92. The fourth-order valence-corrected chi connectivity index (χ4v) is 2.44. The Morgan fingerprint density at radius 2 is 2.23 bits per heavy atom. The van der Waals surface area contributed by atoms with Crippen LogP contribution < -0.4 is 16.0 Å². The monoisotopic (exact) mass is 327 g/mol. The minimum absolute atomic E-state index is 0.203. The van der Waals surface area contributed by atoms with Crippen LogP contribution in [-0.2, 0) is 4.74 Å². The number of amides is 1. The maximum atomic E-state index is 11.9. The van der Waals surface area contributed by atoms with Crippen LogP contribution >= 0.6 is 11.6 Å². The zero-order valence-electron chi connectivity index (χ0n) is 12.4. The van der Waals surface area contributed by atoms with Gasteiger partial charge in [-0.3, -0.25) is 4.79 Å². The molecule has 0 radical (unpaired) electrons. The highest BCUT2D eigenvalue weighted by Gasteiger charge is 2.28. The van der Waals surface area contributed by atoms with Crippen LogP contribution in [0, 0.1) is 0 Å². The number of rotatable bonds is 6. The average molecular weight is 328 g/mol. The van der Waals surface area contributed by atoms with Crippen molar-refractivity contribution in [2.75, 3.05) is 45.9 Å². The van der Waals surface area contributed by atoms with Gasteiger partial charge in [0.25, 0.3) is 5.91 Å². The van der Waals surface area contributed by atoms with Gasteiger partial charge >= 0.3 is 0 Å². The predicted octanol–water partition coefficient (Wildman–Crippen LogP) is 0.0103. The van der Waals surface area contributed by atoms with E-state index in [0.717, 1.165) is 6.54 Å². The lowest BCUT2D eigenvalue weighted by molar-refractivity contribution is -0.0260. The Bertz CT molecular complexity index is 491. The van der Waals surface area contributed by atoms with Gasteiger partial charge in [0.1, 0.15) is 5.60 Å². The maximum Gasteiger partial charge on any atom is 0.252 e. The summed E-state index contributed by atoms with van der Waals surface area (Å²) in [5.41, 5.74) is -0.451. The molecule has 1 amide bonds. The van der Waals surface area contributed by atoms with E-state index < -0.39 is 5.60 Å². The van der Waals surface area contributed by atoms with Crippen molar-refractivity contribution in [2.45, 2.75) is 5.60 Å². The van der Waals surface area contributed by atoms with Gasteiger partial charge in [0, 0.05) is 32.7 Å². The van der Waals surface area contributed by atoms with E-state index in [1.165, 1.54) is 0 Å². The number of carbonyl (C=O) groups is 1. The first kappa shape index (κ1) is 17.2. The van der Waals surface area contributed by atoms with E-state index >= 15 is 0 Å². The highest BCUT2D eigenvalue weighted by atomic mass is 35.5. The summed E-state index contributed by atoms with van der Waals surface area (Å²) in [6.07, 6.45) is 0. The predicted molar refractivity (Wildman–Crippen MR) is 85.3 cm³/mol. The van der Waals surface area contributed by atoms with Gasteiger partial charge in [-0.25, -0.2) is 0 Å². The lowest BCUT2D eigenvalue weighted by Crippen LogP contribution is -2.51. The van der Waals surface area contributed by atoms with Gasteiger partial charge in [-0.2, -0.15) is 0 Å². The zero-order valence-corrected chi connectivity index (χ0v) is 13.2. The molecule has 0 spiro atoms. The van der Waals surface area contributed by atoms with Gasteiger partial charge in [0.05, 0.1) is 23.8 Å². The van der Waals surface area contributed by atoms with E-state index in [9.17, 15) is 9.90 Å². The van der Waals surface area contributed by atoms with Crippen LogP contribution in [0.4, 0.5) is 0 Å². The first-order valence-electron chi connectivity index (χ1n) is 7.35. The number of β-amino-alcohol motifs (C(OH)–C–C–N with tert-alkyl or cyclic N) is 1. The van der Waals surface area contributed by atoms with Gasteiger partial charge in [-0.1, -0.05) is 23.7 Å². The van der Waals surface area contributed by atoms with Crippen molar-refractivity contribution in [1.29, 1.82) is 0 Å². The molecule has 0 aliphatic carbocycles. The van der Waals surface area contributed by atoms with Gasteiger partial charge < -0.3 is 25.8 Å². The molecule has 7 heteroatoms. The Hall–Kier alpha value is -1.18. The smallest absolute Gasteiger partial charge is 0.252 e. The van der Waals surface area contributed by atoms with Crippen LogP contribution in [0.15, 0.2) is 24.3 Å². The second-order valence-electron chi connectivity index (χ2n) is 5.37. The molecule has 4 N–H and O–H groups in total. The number of ether oxygens (including phenoxy) is 1. The molecule has 0 bridgehead atoms. The third-order valence-electron chi connectivity index (χ3n) is 3.41. The molecular weight excluding hydrogens is 306 g/mol. The van der Waals surface area contributed by atoms with Crippen molar-refractivity contribution in [3.05, 3.63) is 34.9 Å². The Morgan fingerprint density at radius 1 is 1.41 bits per heavy atom. The van der Waals surface area contributed by atoms with Crippen LogP contribution in [0.1, 0.15) is 10.4 Å².